The van der Waals surface area contributed by atoms with Gasteiger partial charge >= 0.3 is 0 Å². The second kappa shape index (κ2) is 9.13. The van der Waals surface area contributed by atoms with Gasteiger partial charge in [0.2, 0.25) is 0 Å². The first-order valence-corrected chi connectivity index (χ1v) is 10.5. The van der Waals surface area contributed by atoms with Gasteiger partial charge in [0.1, 0.15) is 5.75 Å². The van der Waals surface area contributed by atoms with Gasteiger partial charge in [0.05, 0.1) is 23.4 Å². The maximum Gasteiger partial charge on any atom is 0.256 e. The number of fused-ring (bicyclic) bond motifs is 1. The Labute approximate surface area is 183 Å². The maximum absolute atomic E-state index is 12.8. The van der Waals surface area contributed by atoms with Gasteiger partial charge in [-0.3, -0.25) is 9.59 Å². The maximum atomic E-state index is 12.8. The van der Waals surface area contributed by atoms with Gasteiger partial charge in [-0.15, -0.1) is 0 Å². The van der Waals surface area contributed by atoms with Crippen molar-refractivity contribution in [2.75, 3.05) is 18.5 Å². The molecule has 1 heterocycles. The molecule has 1 unspecified atom stereocenters. The smallest absolute Gasteiger partial charge is 0.256 e. The lowest BCUT2D eigenvalue weighted by molar-refractivity contribution is 0.0940. The van der Waals surface area contributed by atoms with Crippen LogP contribution in [0.1, 0.15) is 26.3 Å². The minimum absolute atomic E-state index is 0.200. The van der Waals surface area contributed by atoms with Crippen molar-refractivity contribution in [3.8, 4) is 5.75 Å². The van der Waals surface area contributed by atoms with Gasteiger partial charge in [0, 0.05) is 16.9 Å². The van der Waals surface area contributed by atoms with E-state index in [1.165, 1.54) is 0 Å². The van der Waals surface area contributed by atoms with Gasteiger partial charge in [-0.05, 0) is 58.2 Å². The summed E-state index contributed by atoms with van der Waals surface area (Å²) in [6.07, 6.45) is 0.858. The zero-order valence-electron chi connectivity index (χ0n) is 16.2. The predicted molar refractivity (Wildman–Crippen MR) is 120 cm³/mol. The number of hydrogen-bond acceptors (Lipinski definition) is 3. The molecule has 5 nitrogen and oxygen atoms in total. The molecule has 4 rings (SSSR count). The molecule has 0 saturated carbocycles. The van der Waals surface area contributed by atoms with Crippen LogP contribution in [0.5, 0.6) is 5.75 Å². The van der Waals surface area contributed by atoms with Crippen molar-refractivity contribution < 1.29 is 14.3 Å². The molecule has 0 bridgehead atoms. The van der Waals surface area contributed by atoms with Crippen molar-refractivity contribution in [1.82, 2.24) is 5.32 Å². The number of nitrogens with one attached hydrogen (secondary N) is 2. The summed E-state index contributed by atoms with van der Waals surface area (Å²) in [5.74, 6) is 0.614. The Bertz CT molecular complexity index is 1080. The molecule has 3 aromatic rings. The van der Waals surface area contributed by atoms with Crippen molar-refractivity contribution in [3.05, 3.63) is 94.0 Å². The van der Waals surface area contributed by atoms with Crippen LogP contribution in [0, 0.1) is 5.92 Å². The highest BCUT2D eigenvalue weighted by Crippen LogP contribution is 2.26. The fourth-order valence-electron chi connectivity index (χ4n) is 3.48. The van der Waals surface area contributed by atoms with E-state index in [4.69, 9.17) is 4.74 Å². The first-order valence-electron chi connectivity index (χ1n) is 9.75. The van der Waals surface area contributed by atoms with Crippen LogP contribution >= 0.6 is 15.9 Å². The summed E-state index contributed by atoms with van der Waals surface area (Å²) in [5, 5.41) is 5.83. The number of carbonyl (C=O) groups is 2. The first kappa shape index (κ1) is 20.2. The summed E-state index contributed by atoms with van der Waals surface area (Å²) < 4.78 is 6.49. The fourth-order valence-corrected chi connectivity index (χ4v) is 3.94. The normalized spacial score (nSPS) is 14.9. The summed E-state index contributed by atoms with van der Waals surface area (Å²) in [4.78, 5) is 25.5. The number of halogens is 1. The number of para-hydroxylation sites is 2. The van der Waals surface area contributed by atoms with Gasteiger partial charge in [-0.25, -0.2) is 0 Å². The number of anilines is 1. The van der Waals surface area contributed by atoms with Crippen molar-refractivity contribution in [3.63, 3.8) is 0 Å². The van der Waals surface area contributed by atoms with E-state index in [9.17, 15) is 9.59 Å². The van der Waals surface area contributed by atoms with E-state index in [1.807, 2.05) is 24.3 Å². The monoisotopic (exact) mass is 464 g/mol. The molecule has 3 aromatic carbocycles. The molecular weight excluding hydrogens is 444 g/mol. The lowest BCUT2D eigenvalue weighted by Crippen LogP contribution is -2.35. The Morgan fingerprint density at radius 2 is 1.60 bits per heavy atom. The quantitative estimate of drug-likeness (QED) is 0.575. The number of hydrogen-bond donors (Lipinski definition) is 2. The number of amides is 2. The van der Waals surface area contributed by atoms with Crippen molar-refractivity contribution in [2.45, 2.75) is 6.42 Å². The van der Waals surface area contributed by atoms with Crippen LogP contribution < -0.4 is 15.4 Å². The molecule has 152 valence electrons. The zero-order valence-corrected chi connectivity index (χ0v) is 17.8. The molecule has 6 heteroatoms. The van der Waals surface area contributed by atoms with Crippen LogP contribution in [0.4, 0.5) is 5.69 Å². The predicted octanol–water partition coefficient (Wildman–Crippen LogP) is 4.68. The summed E-state index contributed by atoms with van der Waals surface area (Å²) in [6.45, 7) is 1.07. The molecule has 0 aromatic heterocycles. The van der Waals surface area contributed by atoms with E-state index < -0.39 is 0 Å². The average Bonchev–Trinajstić information content (AvgIpc) is 2.78. The highest BCUT2D eigenvalue weighted by Gasteiger charge is 2.21. The third-order valence-electron chi connectivity index (χ3n) is 5.05. The molecule has 2 amide bonds. The Balaban J connectivity index is 1.41. The summed E-state index contributed by atoms with van der Waals surface area (Å²) in [6, 6.07) is 22.1. The Morgan fingerprint density at radius 3 is 2.43 bits per heavy atom. The van der Waals surface area contributed by atoms with Crippen LogP contribution in [0.15, 0.2) is 77.3 Å². The highest BCUT2D eigenvalue weighted by molar-refractivity contribution is 9.10. The molecule has 2 N–H and O–H groups in total. The lowest BCUT2D eigenvalue weighted by Gasteiger charge is -2.25. The van der Waals surface area contributed by atoms with Gasteiger partial charge < -0.3 is 15.4 Å². The summed E-state index contributed by atoms with van der Waals surface area (Å²) >= 11 is 3.39. The molecule has 0 radical (unpaired) electrons. The van der Waals surface area contributed by atoms with E-state index in [0.717, 1.165) is 17.7 Å². The van der Waals surface area contributed by atoms with Crippen LogP contribution in [0.3, 0.4) is 0 Å². The number of carbonyl (C=O) groups excluding carboxylic acids is 2. The molecule has 30 heavy (non-hydrogen) atoms. The number of rotatable bonds is 5. The van der Waals surface area contributed by atoms with Crippen LogP contribution in [-0.4, -0.2) is 25.0 Å². The average molecular weight is 465 g/mol. The van der Waals surface area contributed by atoms with Crippen molar-refractivity contribution in [2.24, 2.45) is 5.92 Å². The molecule has 0 saturated heterocycles. The van der Waals surface area contributed by atoms with Gasteiger partial charge in [0.25, 0.3) is 11.8 Å². The molecule has 0 fully saturated rings. The van der Waals surface area contributed by atoms with E-state index in [1.54, 1.807) is 42.5 Å². The van der Waals surface area contributed by atoms with Crippen LogP contribution in [-0.2, 0) is 6.42 Å². The van der Waals surface area contributed by atoms with Crippen LogP contribution in [0.25, 0.3) is 0 Å². The minimum Gasteiger partial charge on any atom is -0.493 e. The van der Waals surface area contributed by atoms with Gasteiger partial charge in [0.15, 0.2) is 0 Å². The highest BCUT2D eigenvalue weighted by atomic mass is 79.9. The zero-order chi connectivity index (χ0) is 20.9. The van der Waals surface area contributed by atoms with E-state index in [-0.39, 0.29) is 17.7 Å². The summed E-state index contributed by atoms with van der Waals surface area (Å²) in [7, 11) is 0. The Morgan fingerprint density at radius 1 is 0.900 bits per heavy atom. The van der Waals surface area contributed by atoms with Gasteiger partial charge in [-0.1, -0.05) is 42.5 Å². The van der Waals surface area contributed by atoms with Gasteiger partial charge in [-0.2, -0.15) is 0 Å². The van der Waals surface area contributed by atoms with E-state index in [0.29, 0.717) is 34.4 Å². The molecular formula is C24H21BrN2O3. The minimum atomic E-state index is -0.278. The standard InChI is InChI=1S/C24H21BrN2O3/c25-20-10-4-2-8-18(20)24(29)27-21-11-5-3-9-19(21)23(28)26-14-16-13-17-7-1-6-12-22(17)30-15-16/h1-12,16H,13-15H2,(H,26,28)(H,27,29). The second-order valence-corrected chi connectivity index (χ2v) is 8.03. The number of ether oxygens (including phenoxy) is 1. The third kappa shape index (κ3) is 4.54. The van der Waals surface area contributed by atoms with Crippen molar-refractivity contribution >= 4 is 33.4 Å². The van der Waals surface area contributed by atoms with Crippen LogP contribution in [0.2, 0.25) is 0 Å². The van der Waals surface area contributed by atoms with E-state index in [2.05, 4.69) is 32.6 Å². The Kier molecular flexibility index (Phi) is 6.14. The molecule has 0 spiro atoms. The topological polar surface area (TPSA) is 67.4 Å². The van der Waals surface area contributed by atoms with Crippen molar-refractivity contribution in [1.29, 1.82) is 0 Å². The first-order chi connectivity index (χ1) is 14.6. The number of benzene rings is 3. The third-order valence-corrected chi connectivity index (χ3v) is 5.74. The van der Waals surface area contributed by atoms with E-state index >= 15 is 0 Å². The second-order valence-electron chi connectivity index (χ2n) is 7.18. The molecule has 0 aliphatic carbocycles. The lowest BCUT2D eigenvalue weighted by atomic mass is 9.96. The molecule has 1 atom stereocenters. The summed E-state index contributed by atoms with van der Waals surface area (Å²) in [5.41, 5.74) is 2.56. The molecule has 1 aliphatic heterocycles. The fraction of sp³-hybridized carbons (Fsp3) is 0.167. The molecule has 1 aliphatic rings. The largest absolute Gasteiger partial charge is 0.493 e. The Hall–Kier alpha value is -3.12. The SMILES string of the molecule is O=C(Nc1ccccc1C(=O)NCC1COc2ccccc2C1)c1ccccc1Br.